The van der Waals surface area contributed by atoms with Gasteiger partial charge in [0.1, 0.15) is 0 Å². The largest absolute Gasteiger partial charge is 0.484 e. The van der Waals surface area contributed by atoms with Gasteiger partial charge in [-0.3, -0.25) is 5.41 Å². The number of rotatable bonds is 2. The van der Waals surface area contributed by atoms with Crippen LogP contribution >= 0.6 is 0 Å². The lowest BCUT2D eigenvalue weighted by molar-refractivity contribution is -0.133. The molecule has 0 saturated heterocycles. The molecule has 0 radical (unpaired) electrons. The van der Waals surface area contributed by atoms with Gasteiger partial charge in [0.25, 0.3) is 0 Å². The molecule has 0 rings (SSSR count). The summed E-state index contributed by atoms with van der Waals surface area (Å²) >= 11 is 0. The molecule has 0 aromatic rings. The molecule has 5 heteroatoms. The van der Waals surface area contributed by atoms with Gasteiger partial charge in [0.05, 0.1) is 13.5 Å². The highest BCUT2D eigenvalue weighted by atomic mass is 19.4. The molecule has 0 spiro atoms. The van der Waals surface area contributed by atoms with E-state index in [9.17, 15) is 13.2 Å². The van der Waals surface area contributed by atoms with Crippen LogP contribution in [0, 0.1) is 5.41 Å². The summed E-state index contributed by atoms with van der Waals surface area (Å²) < 4.78 is 38.4. The van der Waals surface area contributed by atoms with Crippen LogP contribution in [0.15, 0.2) is 0 Å². The highest BCUT2D eigenvalue weighted by Crippen LogP contribution is 2.21. The van der Waals surface area contributed by atoms with Crippen LogP contribution in [-0.2, 0) is 4.74 Å². The second-order valence-corrected chi connectivity index (χ2v) is 1.74. The Morgan fingerprint density at radius 1 is 1.50 bits per heavy atom. The first kappa shape index (κ1) is 9.26. The van der Waals surface area contributed by atoms with Crippen LogP contribution in [0.4, 0.5) is 13.2 Å². The zero-order chi connectivity index (χ0) is 8.20. The average Bonchev–Trinajstić information content (AvgIpc) is 1.81. The van der Waals surface area contributed by atoms with E-state index in [1.54, 1.807) is 0 Å². The summed E-state index contributed by atoms with van der Waals surface area (Å²) in [6.45, 7) is 0. The van der Waals surface area contributed by atoms with Crippen LogP contribution in [0.2, 0.25) is 0 Å². The van der Waals surface area contributed by atoms with Crippen LogP contribution in [0.1, 0.15) is 12.8 Å². The minimum Gasteiger partial charge on any atom is -0.484 e. The maximum absolute atomic E-state index is 11.4. The van der Waals surface area contributed by atoms with Gasteiger partial charge in [0.2, 0.25) is 0 Å². The number of hydrogen-bond acceptors (Lipinski definition) is 2. The van der Waals surface area contributed by atoms with Crippen molar-refractivity contribution in [1.29, 1.82) is 5.41 Å². The number of halogens is 3. The summed E-state index contributed by atoms with van der Waals surface area (Å²) in [6, 6.07) is 0. The van der Waals surface area contributed by atoms with E-state index < -0.39 is 12.6 Å². The summed E-state index contributed by atoms with van der Waals surface area (Å²) in [5.41, 5.74) is 0. The van der Waals surface area contributed by atoms with Crippen molar-refractivity contribution < 1.29 is 17.9 Å². The molecule has 60 valence electrons. The van der Waals surface area contributed by atoms with Crippen molar-refractivity contribution in [2.75, 3.05) is 7.11 Å². The fourth-order valence-corrected chi connectivity index (χ4v) is 0.357. The van der Waals surface area contributed by atoms with Gasteiger partial charge < -0.3 is 4.74 Å². The number of alkyl halides is 3. The Kier molecular flexibility index (Phi) is 3.18. The van der Waals surface area contributed by atoms with Gasteiger partial charge in [-0.15, -0.1) is 0 Å². The van der Waals surface area contributed by atoms with E-state index in [1.165, 1.54) is 7.11 Å². The first-order chi connectivity index (χ1) is 4.45. The summed E-state index contributed by atoms with van der Waals surface area (Å²) in [7, 11) is 1.18. The van der Waals surface area contributed by atoms with E-state index in [0.29, 0.717) is 0 Å². The van der Waals surface area contributed by atoms with Gasteiger partial charge in [-0.1, -0.05) is 0 Å². The minimum absolute atomic E-state index is 0.336. The molecule has 0 aromatic heterocycles. The normalized spacial score (nSPS) is 11.2. The molecule has 0 heterocycles. The maximum atomic E-state index is 11.4. The smallest absolute Gasteiger partial charge is 0.389 e. The Morgan fingerprint density at radius 3 is 2.30 bits per heavy atom. The maximum Gasteiger partial charge on any atom is 0.389 e. The lowest BCUT2D eigenvalue weighted by Crippen LogP contribution is -2.10. The molecule has 0 aliphatic rings. The Balaban J connectivity index is 3.46. The van der Waals surface area contributed by atoms with Crippen molar-refractivity contribution in [2.45, 2.75) is 19.0 Å². The average molecular weight is 155 g/mol. The summed E-state index contributed by atoms with van der Waals surface area (Å²) in [5, 5.41) is 6.70. The van der Waals surface area contributed by atoms with Gasteiger partial charge in [-0.05, 0) is 0 Å². The Bertz CT molecular complexity index is 121. The van der Waals surface area contributed by atoms with Crippen LogP contribution in [0.5, 0.6) is 0 Å². The second-order valence-electron chi connectivity index (χ2n) is 1.74. The Labute approximate surface area is 56.5 Å². The van der Waals surface area contributed by atoms with Gasteiger partial charge in [-0.25, -0.2) is 0 Å². The fraction of sp³-hybridized carbons (Fsp3) is 0.800. The van der Waals surface area contributed by atoms with Gasteiger partial charge in [-0.2, -0.15) is 13.2 Å². The molecule has 0 unspecified atom stereocenters. The second kappa shape index (κ2) is 3.43. The third-order valence-electron chi connectivity index (χ3n) is 0.882. The van der Waals surface area contributed by atoms with E-state index in [2.05, 4.69) is 4.74 Å². The SMILES string of the molecule is COC(=N)CCC(F)(F)F. The van der Waals surface area contributed by atoms with E-state index in [-0.39, 0.29) is 12.3 Å². The number of nitrogens with one attached hydrogen (secondary N) is 1. The van der Waals surface area contributed by atoms with Crippen molar-refractivity contribution in [3.05, 3.63) is 0 Å². The molecule has 0 aromatic carbocycles. The van der Waals surface area contributed by atoms with Gasteiger partial charge in [0.15, 0.2) is 5.90 Å². The van der Waals surface area contributed by atoms with Crippen molar-refractivity contribution in [2.24, 2.45) is 0 Å². The Morgan fingerprint density at radius 2 is 2.00 bits per heavy atom. The monoisotopic (exact) mass is 155 g/mol. The molecule has 0 amide bonds. The van der Waals surface area contributed by atoms with Gasteiger partial charge in [0, 0.05) is 6.42 Å². The number of methoxy groups -OCH3 is 1. The fourth-order valence-electron chi connectivity index (χ4n) is 0.357. The lowest BCUT2D eigenvalue weighted by Gasteiger charge is -2.05. The zero-order valence-corrected chi connectivity index (χ0v) is 5.46. The molecular weight excluding hydrogens is 147 g/mol. The lowest BCUT2D eigenvalue weighted by atomic mass is 10.3. The molecule has 0 atom stereocenters. The standard InChI is InChI=1S/C5H8F3NO/c1-10-4(9)2-3-5(6,7)8/h9H,2-3H2,1H3. The van der Waals surface area contributed by atoms with Crippen LogP contribution in [-0.4, -0.2) is 19.2 Å². The topological polar surface area (TPSA) is 33.1 Å². The summed E-state index contributed by atoms with van der Waals surface area (Å²) in [4.78, 5) is 0. The van der Waals surface area contributed by atoms with Crippen LogP contribution < -0.4 is 0 Å². The van der Waals surface area contributed by atoms with E-state index in [1.807, 2.05) is 0 Å². The van der Waals surface area contributed by atoms with Crippen molar-refractivity contribution in [1.82, 2.24) is 0 Å². The molecule has 0 saturated carbocycles. The van der Waals surface area contributed by atoms with Crippen LogP contribution in [0.25, 0.3) is 0 Å². The molecule has 0 fully saturated rings. The predicted molar refractivity (Wildman–Crippen MR) is 30.0 cm³/mol. The highest BCUT2D eigenvalue weighted by Gasteiger charge is 2.27. The van der Waals surface area contributed by atoms with Crippen molar-refractivity contribution in [3.8, 4) is 0 Å². The number of hydrogen-bond donors (Lipinski definition) is 1. The highest BCUT2D eigenvalue weighted by molar-refractivity contribution is 5.72. The summed E-state index contributed by atoms with van der Waals surface area (Å²) in [5.74, 6) is -0.336. The van der Waals surface area contributed by atoms with Crippen molar-refractivity contribution in [3.63, 3.8) is 0 Å². The minimum atomic E-state index is -4.19. The van der Waals surface area contributed by atoms with E-state index in [0.717, 1.165) is 0 Å². The molecule has 1 N–H and O–H groups in total. The molecule has 10 heavy (non-hydrogen) atoms. The van der Waals surface area contributed by atoms with E-state index in [4.69, 9.17) is 5.41 Å². The third-order valence-corrected chi connectivity index (χ3v) is 0.882. The van der Waals surface area contributed by atoms with E-state index >= 15 is 0 Å². The zero-order valence-electron chi connectivity index (χ0n) is 5.46. The molecule has 0 aliphatic heterocycles. The summed E-state index contributed by atoms with van der Waals surface area (Å²) in [6.07, 6.45) is -5.55. The first-order valence-corrected chi connectivity index (χ1v) is 2.64. The Hall–Kier alpha value is -0.740. The third kappa shape index (κ3) is 5.40. The van der Waals surface area contributed by atoms with Crippen molar-refractivity contribution >= 4 is 5.90 Å². The predicted octanol–water partition coefficient (Wildman–Crippen LogP) is 1.95. The first-order valence-electron chi connectivity index (χ1n) is 2.64. The molecule has 2 nitrogen and oxygen atoms in total. The molecular formula is C5H8F3NO. The van der Waals surface area contributed by atoms with Gasteiger partial charge >= 0.3 is 6.18 Å². The molecule has 0 bridgehead atoms. The molecule has 0 aliphatic carbocycles. The number of ether oxygens (including phenoxy) is 1. The quantitative estimate of drug-likeness (QED) is 0.479. The van der Waals surface area contributed by atoms with Crippen LogP contribution in [0.3, 0.4) is 0 Å².